The molecule has 0 spiro atoms. The van der Waals surface area contributed by atoms with Gasteiger partial charge in [-0.3, -0.25) is 4.79 Å². The Morgan fingerprint density at radius 1 is 0.868 bits per heavy atom. The van der Waals surface area contributed by atoms with E-state index < -0.39 is 5.97 Å². The fourth-order valence-corrected chi connectivity index (χ4v) is 3.91. The van der Waals surface area contributed by atoms with Gasteiger partial charge in [-0.1, -0.05) is 32.0 Å². The summed E-state index contributed by atoms with van der Waals surface area (Å²) in [5.41, 5.74) is 1.56. The monoisotopic (exact) mass is 516 g/mol. The normalized spacial score (nSPS) is 11.1. The van der Waals surface area contributed by atoms with E-state index >= 15 is 0 Å². The van der Waals surface area contributed by atoms with E-state index in [1.54, 1.807) is 18.2 Å². The Bertz CT molecular complexity index is 1520. The lowest BCUT2D eigenvalue weighted by Crippen LogP contribution is -2.07. The quantitative estimate of drug-likeness (QED) is 0.144. The lowest BCUT2D eigenvalue weighted by atomic mass is 10.0. The minimum Gasteiger partial charge on any atom is -0.493 e. The van der Waals surface area contributed by atoms with Gasteiger partial charge >= 0.3 is 5.97 Å². The minimum absolute atomic E-state index is 0.0728. The summed E-state index contributed by atoms with van der Waals surface area (Å²) in [4.78, 5) is 25.5. The average molecular weight is 517 g/mol. The van der Waals surface area contributed by atoms with Crippen molar-refractivity contribution in [3.63, 3.8) is 0 Å². The van der Waals surface area contributed by atoms with Crippen molar-refractivity contribution in [2.24, 2.45) is 0 Å². The Hall–Kier alpha value is -4.72. The van der Waals surface area contributed by atoms with Gasteiger partial charge in [0.25, 0.3) is 0 Å². The van der Waals surface area contributed by atoms with Crippen molar-refractivity contribution in [3.8, 4) is 34.5 Å². The Kier molecular flexibility index (Phi) is 8.01. The van der Waals surface area contributed by atoms with Gasteiger partial charge in [-0.05, 0) is 53.5 Å². The van der Waals surface area contributed by atoms with Crippen LogP contribution in [0.15, 0.2) is 76.1 Å². The van der Waals surface area contributed by atoms with Crippen molar-refractivity contribution in [2.75, 3.05) is 21.3 Å². The highest BCUT2D eigenvalue weighted by atomic mass is 16.5. The first-order chi connectivity index (χ1) is 18.3. The first kappa shape index (κ1) is 26.3. The number of carbonyl (C=O) groups excluding carboxylic acids is 1. The van der Waals surface area contributed by atoms with Crippen molar-refractivity contribution in [2.45, 2.75) is 19.8 Å². The summed E-state index contributed by atoms with van der Waals surface area (Å²) >= 11 is 0. The van der Waals surface area contributed by atoms with Crippen LogP contribution < -0.4 is 29.1 Å². The SMILES string of the molecule is COc1cc(C=CC(=O)Oc2ccc3c(=O)c(Oc4ccccc4C(C)C)coc3c2)cc(OC)c1OC. The topological polar surface area (TPSA) is 93.4 Å². The summed E-state index contributed by atoms with van der Waals surface area (Å²) in [6, 6.07) is 15.5. The summed E-state index contributed by atoms with van der Waals surface area (Å²) in [6.07, 6.45) is 4.09. The van der Waals surface area contributed by atoms with E-state index in [2.05, 4.69) is 0 Å². The van der Waals surface area contributed by atoms with Crippen LogP contribution in [0.3, 0.4) is 0 Å². The molecule has 0 atom stereocenters. The second kappa shape index (κ2) is 11.6. The van der Waals surface area contributed by atoms with E-state index in [4.69, 9.17) is 28.1 Å². The van der Waals surface area contributed by atoms with Crippen molar-refractivity contribution in [1.82, 2.24) is 0 Å². The third-order valence-corrected chi connectivity index (χ3v) is 5.79. The highest BCUT2D eigenvalue weighted by Gasteiger charge is 2.15. The van der Waals surface area contributed by atoms with E-state index in [1.165, 1.54) is 51.9 Å². The zero-order valence-electron chi connectivity index (χ0n) is 21.8. The Morgan fingerprint density at radius 3 is 2.24 bits per heavy atom. The molecule has 0 N–H and O–H groups in total. The third kappa shape index (κ3) is 5.64. The molecule has 0 amide bonds. The van der Waals surface area contributed by atoms with Crippen molar-refractivity contribution < 1.29 is 32.9 Å². The molecule has 0 unspecified atom stereocenters. The van der Waals surface area contributed by atoms with Crippen LogP contribution >= 0.6 is 0 Å². The Balaban J connectivity index is 1.52. The lowest BCUT2D eigenvalue weighted by Gasteiger charge is -2.13. The van der Waals surface area contributed by atoms with Crippen LogP contribution in [-0.2, 0) is 4.79 Å². The predicted molar refractivity (Wildman–Crippen MR) is 144 cm³/mol. The first-order valence-corrected chi connectivity index (χ1v) is 11.9. The number of methoxy groups -OCH3 is 3. The molecular formula is C30H28O8. The number of para-hydroxylation sites is 1. The number of rotatable bonds is 9. The Morgan fingerprint density at radius 2 is 1.58 bits per heavy atom. The standard InChI is InChI=1S/C30H28O8/c1-18(2)21-8-6-7-9-23(21)38-27-17-36-24-16-20(11-12-22(24)29(27)32)37-28(31)13-10-19-14-25(33-3)30(35-5)26(15-19)34-4/h6-18H,1-5H3. The molecule has 1 heterocycles. The maximum Gasteiger partial charge on any atom is 0.336 e. The van der Waals surface area contributed by atoms with Crippen molar-refractivity contribution in [1.29, 1.82) is 0 Å². The lowest BCUT2D eigenvalue weighted by molar-refractivity contribution is -0.128. The number of hydrogen-bond donors (Lipinski definition) is 0. The minimum atomic E-state index is -0.620. The zero-order valence-corrected chi connectivity index (χ0v) is 21.8. The summed E-state index contributed by atoms with van der Waals surface area (Å²) in [6.45, 7) is 4.10. The molecule has 0 fully saturated rings. The van der Waals surface area contributed by atoms with Gasteiger partial charge in [0.15, 0.2) is 11.5 Å². The number of benzene rings is 3. The molecule has 8 nitrogen and oxygen atoms in total. The maximum absolute atomic E-state index is 13.0. The third-order valence-electron chi connectivity index (χ3n) is 5.79. The summed E-state index contributed by atoms with van der Waals surface area (Å²) < 4.78 is 32.9. The number of fused-ring (bicyclic) bond motifs is 1. The maximum atomic E-state index is 13.0. The molecule has 0 radical (unpaired) electrons. The van der Waals surface area contributed by atoms with Crippen molar-refractivity contribution >= 4 is 23.0 Å². The molecular weight excluding hydrogens is 488 g/mol. The molecule has 0 aliphatic carbocycles. The summed E-state index contributed by atoms with van der Waals surface area (Å²) in [5.74, 6) is 1.86. The van der Waals surface area contributed by atoms with E-state index in [0.29, 0.717) is 33.9 Å². The molecule has 196 valence electrons. The van der Waals surface area contributed by atoms with E-state index in [9.17, 15) is 9.59 Å². The highest BCUT2D eigenvalue weighted by Crippen LogP contribution is 2.38. The molecule has 38 heavy (non-hydrogen) atoms. The van der Waals surface area contributed by atoms with Crippen LogP contribution in [0, 0.1) is 0 Å². The predicted octanol–water partition coefficient (Wildman–Crippen LogP) is 6.35. The molecule has 0 saturated heterocycles. The molecule has 3 aromatic carbocycles. The summed E-state index contributed by atoms with van der Waals surface area (Å²) in [5, 5.41) is 0.303. The van der Waals surface area contributed by atoms with Crippen LogP contribution in [0.4, 0.5) is 0 Å². The van der Waals surface area contributed by atoms with Crippen LogP contribution in [0.25, 0.3) is 17.0 Å². The molecule has 4 rings (SSSR count). The van der Waals surface area contributed by atoms with E-state index in [0.717, 1.165) is 5.56 Å². The largest absolute Gasteiger partial charge is 0.493 e. The van der Waals surface area contributed by atoms with Gasteiger partial charge in [0.1, 0.15) is 23.3 Å². The molecule has 4 aromatic rings. The molecule has 1 aromatic heterocycles. The van der Waals surface area contributed by atoms with Gasteiger partial charge in [-0.15, -0.1) is 0 Å². The fourth-order valence-electron chi connectivity index (χ4n) is 3.91. The van der Waals surface area contributed by atoms with Crippen LogP contribution in [0.2, 0.25) is 0 Å². The zero-order chi connectivity index (χ0) is 27.2. The molecule has 0 bridgehead atoms. The molecule has 0 saturated carbocycles. The van der Waals surface area contributed by atoms with Gasteiger partial charge in [-0.2, -0.15) is 0 Å². The number of hydrogen-bond acceptors (Lipinski definition) is 8. The molecule has 0 aliphatic heterocycles. The van der Waals surface area contributed by atoms with Gasteiger partial charge in [0.2, 0.25) is 16.9 Å². The average Bonchev–Trinajstić information content (AvgIpc) is 2.92. The van der Waals surface area contributed by atoms with Gasteiger partial charge in [-0.25, -0.2) is 4.79 Å². The highest BCUT2D eigenvalue weighted by molar-refractivity contribution is 5.89. The summed E-state index contributed by atoms with van der Waals surface area (Å²) in [7, 11) is 4.53. The number of esters is 1. The van der Waals surface area contributed by atoms with Gasteiger partial charge in [0.05, 0.1) is 26.7 Å². The van der Waals surface area contributed by atoms with Gasteiger partial charge in [0, 0.05) is 12.1 Å². The van der Waals surface area contributed by atoms with E-state index in [1.807, 2.05) is 38.1 Å². The molecule has 8 heteroatoms. The number of ether oxygens (including phenoxy) is 5. The van der Waals surface area contributed by atoms with Crippen molar-refractivity contribution in [3.05, 3.63) is 88.3 Å². The number of carbonyl (C=O) groups is 1. The second-order valence-corrected chi connectivity index (χ2v) is 8.59. The van der Waals surface area contributed by atoms with Gasteiger partial charge < -0.3 is 28.1 Å². The first-order valence-electron chi connectivity index (χ1n) is 11.9. The van der Waals surface area contributed by atoms with Crippen LogP contribution in [-0.4, -0.2) is 27.3 Å². The fraction of sp³-hybridized carbons (Fsp3) is 0.200. The Labute approximate surface area is 220 Å². The van der Waals surface area contributed by atoms with Crippen LogP contribution in [0.5, 0.6) is 34.5 Å². The molecule has 0 aliphatic rings. The smallest absolute Gasteiger partial charge is 0.336 e. The van der Waals surface area contributed by atoms with E-state index in [-0.39, 0.29) is 28.4 Å². The second-order valence-electron chi connectivity index (χ2n) is 8.59. The van der Waals surface area contributed by atoms with Crippen LogP contribution in [0.1, 0.15) is 30.9 Å².